The van der Waals surface area contributed by atoms with Gasteiger partial charge in [0.1, 0.15) is 28.2 Å². The standard InChI is InChI=1S/C21H28N2O6/c1-12-9-15(24)18-20(27)14(10-23-5-7-28-8-6-23)19(26)17(21(18)29-12)13-3-4-22(2)11-16(13)25/h9,13,16,25-27H,3-8,10-11H2,1-2H3/t13-,16+/m0/s1. The number of phenols is 2. The molecule has 8 nitrogen and oxygen atoms in total. The van der Waals surface area contributed by atoms with Gasteiger partial charge in [-0.25, -0.2) is 0 Å². The summed E-state index contributed by atoms with van der Waals surface area (Å²) in [5.41, 5.74) is 0.539. The number of nitrogens with zero attached hydrogens (tertiary/aromatic N) is 2. The molecule has 2 fully saturated rings. The van der Waals surface area contributed by atoms with Crippen LogP contribution in [0.1, 0.15) is 29.2 Å². The number of aliphatic hydroxyl groups is 1. The molecule has 0 amide bonds. The van der Waals surface area contributed by atoms with Gasteiger partial charge in [0.25, 0.3) is 0 Å². The Kier molecular flexibility index (Phi) is 5.52. The lowest BCUT2D eigenvalue weighted by atomic mass is 9.84. The Balaban J connectivity index is 1.91. The van der Waals surface area contributed by atoms with Crippen LogP contribution >= 0.6 is 0 Å². The molecule has 0 unspecified atom stereocenters. The number of aryl methyl sites for hydroxylation is 1. The molecule has 1 aromatic heterocycles. The first-order valence-electron chi connectivity index (χ1n) is 10.0. The Morgan fingerprint density at radius 3 is 2.59 bits per heavy atom. The second-order valence-corrected chi connectivity index (χ2v) is 8.13. The molecule has 4 rings (SSSR count). The number of rotatable bonds is 3. The maximum atomic E-state index is 12.7. The summed E-state index contributed by atoms with van der Waals surface area (Å²) in [5, 5.41) is 32.9. The number of β-amino-alcohol motifs (C(OH)–C–C–N with tert-alkyl or cyclic N) is 1. The first-order valence-corrected chi connectivity index (χ1v) is 10.0. The van der Waals surface area contributed by atoms with Gasteiger partial charge < -0.3 is 29.4 Å². The van der Waals surface area contributed by atoms with Crippen molar-refractivity contribution in [2.75, 3.05) is 46.4 Å². The molecule has 3 heterocycles. The van der Waals surface area contributed by atoms with Crippen LogP contribution in [0.2, 0.25) is 0 Å². The summed E-state index contributed by atoms with van der Waals surface area (Å²) in [5.74, 6) is -0.332. The lowest BCUT2D eigenvalue weighted by Crippen LogP contribution is -2.40. The Hall–Kier alpha value is -2.13. The van der Waals surface area contributed by atoms with Crippen LogP contribution in [0, 0.1) is 6.92 Å². The van der Waals surface area contributed by atoms with Crippen LogP contribution in [0.4, 0.5) is 0 Å². The van der Waals surface area contributed by atoms with E-state index in [0.29, 0.717) is 62.7 Å². The molecule has 2 atom stereocenters. The summed E-state index contributed by atoms with van der Waals surface area (Å²) in [6.45, 7) is 5.66. The number of fused-ring (bicyclic) bond motifs is 1. The molecule has 0 radical (unpaired) electrons. The maximum Gasteiger partial charge on any atom is 0.196 e. The molecule has 158 valence electrons. The zero-order chi connectivity index (χ0) is 20.7. The fourth-order valence-corrected chi connectivity index (χ4v) is 4.46. The first-order chi connectivity index (χ1) is 13.9. The van der Waals surface area contributed by atoms with Crippen LogP contribution in [-0.2, 0) is 11.3 Å². The van der Waals surface area contributed by atoms with Gasteiger partial charge in [0.2, 0.25) is 0 Å². The van der Waals surface area contributed by atoms with Gasteiger partial charge in [-0.2, -0.15) is 0 Å². The average molecular weight is 404 g/mol. The van der Waals surface area contributed by atoms with E-state index >= 15 is 0 Å². The Labute approximate surface area is 168 Å². The summed E-state index contributed by atoms with van der Waals surface area (Å²) in [7, 11) is 1.93. The van der Waals surface area contributed by atoms with Crippen LogP contribution in [-0.4, -0.2) is 77.7 Å². The number of piperidine rings is 1. The van der Waals surface area contributed by atoms with Gasteiger partial charge in [-0.05, 0) is 26.9 Å². The molecule has 29 heavy (non-hydrogen) atoms. The highest BCUT2D eigenvalue weighted by Gasteiger charge is 2.35. The predicted molar refractivity (Wildman–Crippen MR) is 108 cm³/mol. The molecule has 0 bridgehead atoms. The van der Waals surface area contributed by atoms with Gasteiger partial charge in [0.15, 0.2) is 5.43 Å². The minimum atomic E-state index is -0.713. The lowest BCUT2D eigenvalue weighted by molar-refractivity contribution is 0.0335. The van der Waals surface area contributed by atoms with E-state index in [4.69, 9.17) is 9.15 Å². The van der Waals surface area contributed by atoms with E-state index in [2.05, 4.69) is 4.90 Å². The van der Waals surface area contributed by atoms with E-state index in [-0.39, 0.29) is 33.8 Å². The zero-order valence-electron chi connectivity index (χ0n) is 16.8. The summed E-state index contributed by atoms with van der Waals surface area (Å²) in [6, 6.07) is 1.34. The van der Waals surface area contributed by atoms with Crippen LogP contribution in [0.3, 0.4) is 0 Å². The number of hydrogen-bond donors (Lipinski definition) is 3. The zero-order valence-corrected chi connectivity index (χ0v) is 16.8. The van der Waals surface area contributed by atoms with Crippen molar-refractivity contribution in [1.29, 1.82) is 0 Å². The summed E-state index contributed by atoms with van der Waals surface area (Å²) in [6.07, 6.45) is -0.103. The number of likely N-dealkylation sites (tertiary alicyclic amines) is 1. The number of benzene rings is 1. The highest BCUT2D eigenvalue weighted by atomic mass is 16.5. The first kappa shape index (κ1) is 20.2. The smallest absolute Gasteiger partial charge is 0.196 e. The highest BCUT2D eigenvalue weighted by molar-refractivity contribution is 5.90. The molecule has 0 saturated carbocycles. The van der Waals surface area contributed by atoms with Crippen molar-refractivity contribution in [2.45, 2.75) is 31.9 Å². The quantitative estimate of drug-likeness (QED) is 0.699. The van der Waals surface area contributed by atoms with Crippen LogP contribution < -0.4 is 5.43 Å². The fourth-order valence-electron chi connectivity index (χ4n) is 4.46. The Morgan fingerprint density at radius 2 is 1.90 bits per heavy atom. The summed E-state index contributed by atoms with van der Waals surface area (Å²) >= 11 is 0. The lowest BCUT2D eigenvalue weighted by Gasteiger charge is -2.35. The third-order valence-electron chi connectivity index (χ3n) is 6.02. The number of hydrogen-bond acceptors (Lipinski definition) is 8. The minimum absolute atomic E-state index is 0.0674. The van der Waals surface area contributed by atoms with Crippen LogP contribution in [0.15, 0.2) is 15.3 Å². The minimum Gasteiger partial charge on any atom is -0.507 e. The van der Waals surface area contributed by atoms with Crippen molar-refractivity contribution in [1.82, 2.24) is 9.80 Å². The second kappa shape index (κ2) is 7.95. The number of morpholine rings is 1. The number of aliphatic hydroxyl groups excluding tert-OH is 1. The van der Waals surface area contributed by atoms with Gasteiger partial charge in [0, 0.05) is 43.7 Å². The van der Waals surface area contributed by atoms with Gasteiger partial charge in [-0.1, -0.05) is 0 Å². The van der Waals surface area contributed by atoms with Crippen molar-refractivity contribution < 1.29 is 24.5 Å². The molecule has 8 heteroatoms. The number of phenolic OH excluding ortho intramolecular Hbond substituents is 2. The molecular formula is C21H28N2O6. The van der Waals surface area contributed by atoms with Crippen molar-refractivity contribution >= 4 is 11.0 Å². The van der Waals surface area contributed by atoms with E-state index < -0.39 is 6.10 Å². The predicted octanol–water partition coefficient (Wildman–Crippen LogP) is 1.12. The van der Waals surface area contributed by atoms with Gasteiger partial charge >= 0.3 is 0 Å². The molecule has 0 aliphatic carbocycles. The third-order valence-corrected chi connectivity index (χ3v) is 6.02. The second-order valence-electron chi connectivity index (χ2n) is 8.13. The molecule has 3 N–H and O–H groups in total. The Bertz CT molecular complexity index is 966. The van der Waals surface area contributed by atoms with Crippen molar-refractivity contribution in [3.63, 3.8) is 0 Å². The highest BCUT2D eigenvalue weighted by Crippen LogP contribution is 2.45. The van der Waals surface area contributed by atoms with E-state index in [1.807, 2.05) is 11.9 Å². The van der Waals surface area contributed by atoms with Gasteiger partial charge in [-0.3, -0.25) is 9.69 Å². The summed E-state index contributed by atoms with van der Waals surface area (Å²) < 4.78 is 11.2. The van der Waals surface area contributed by atoms with Crippen LogP contribution in [0.25, 0.3) is 11.0 Å². The third kappa shape index (κ3) is 3.73. The maximum absolute atomic E-state index is 12.7. The van der Waals surface area contributed by atoms with Crippen molar-refractivity contribution in [3.05, 3.63) is 33.2 Å². The van der Waals surface area contributed by atoms with Crippen molar-refractivity contribution in [3.8, 4) is 11.5 Å². The number of ether oxygens (including phenoxy) is 1. The number of likely N-dealkylation sites (N-methyl/N-ethyl adjacent to an activating group) is 1. The van der Waals surface area contributed by atoms with Gasteiger partial charge in [-0.15, -0.1) is 0 Å². The van der Waals surface area contributed by atoms with E-state index in [0.717, 1.165) is 6.54 Å². The van der Waals surface area contributed by atoms with E-state index in [9.17, 15) is 20.1 Å². The molecule has 2 aliphatic heterocycles. The van der Waals surface area contributed by atoms with E-state index in [1.54, 1.807) is 6.92 Å². The fraction of sp³-hybridized carbons (Fsp3) is 0.571. The normalized spacial score (nSPS) is 24.2. The SMILES string of the molecule is Cc1cc(=O)c2c(O)c(CN3CCOCC3)c(O)c([C@H]3CCN(C)C[C@H]3O)c2o1. The van der Waals surface area contributed by atoms with Crippen LogP contribution in [0.5, 0.6) is 11.5 Å². The van der Waals surface area contributed by atoms with Crippen molar-refractivity contribution in [2.24, 2.45) is 0 Å². The summed E-state index contributed by atoms with van der Waals surface area (Å²) in [4.78, 5) is 16.8. The Morgan fingerprint density at radius 1 is 1.17 bits per heavy atom. The molecule has 0 spiro atoms. The van der Waals surface area contributed by atoms with E-state index in [1.165, 1.54) is 6.07 Å². The topological polar surface area (TPSA) is 107 Å². The average Bonchev–Trinajstić information content (AvgIpc) is 2.67. The molecular weight excluding hydrogens is 376 g/mol. The molecule has 2 aromatic rings. The monoisotopic (exact) mass is 404 g/mol. The molecule has 2 saturated heterocycles. The van der Waals surface area contributed by atoms with Gasteiger partial charge in [0.05, 0.1) is 24.9 Å². The molecule has 1 aromatic carbocycles. The number of aromatic hydroxyl groups is 2. The largest absolute Gasteiger partial charge is 0.507 e. The molecule has 2 aliphatic rings.